The van der Waals surface area contributed by atoms with Crippen molar-refractivity contribution in [1.29, 1.82) is 0 Å². The molecule has 0 radical (unpaired) electrons. The van der Waals surface area contributed by atoms with Gasteiger partial charge in [-0.3, -0.25) is 24.0 Å². The summed E-state index contributed by atoms with van der Waals surface area (Å²) in [7, 11) is 3.21. The number of amides is 1. The Morgan fingerprint density at radius 1 is 1.22 bits per heavy atom. The van der Waals surface area contributed by atoms with Crippen LogP contribution < -0.4 is 5.69 Å². The second-order valence-electron chi connectivity index (χ2n) is 6.20. The third-order valence-electron chi connectivity index (χ3n) is 4.42. The monoisotopic (exact) mass is 388 g/mol. The molecule has 9 heteroatoms. The smallest absolute Gasteiger partial charge is 0.329 e. The maximum absolute atomic E-state index is 12.6. The number of non-ortho nitro benzene ring substituents is 1. The molecule has 0 aliphatic carbocycles. The van der Waals surface area contributed by atoms with Crippen molar-refractivity contribution in [3.8, 4) is 0 Å². The number of carbonyl (C=O) groups is 1. The third-order valence-corrected chi connectivity index (χ3v) is 4.79. The minimum Gasteiger partial charge on any atom is -0.340 e. The summed E-state index contributed by atoms with van der Waals surface area (Å²) >= 11 is 6.10. The molecular weight excluding hydrogens is 372 g/mol. The van der Waals surface area contributed by atoms with Crippen LogP contribution in [0, 0.1) is 10.1 Å². The lowest BCUT2D eigenvalue weighted by Crippen LogP contribution is -2.33. The second kappa shape index (κ2) is 7.24. The van der Waals surface area contributed by atoms with Crippen LogP contribution in [0.5, 0.6) is 0 Å². The normalized spacial score (nSPS) is 10.9. The number of hydrogen-bond acceptors (Lipinski definition) is 4. The molecule has 1 amide bonds. The van der Waals surface area contributed by atoms with E-state index >= 15 is 0 Å². The molecule has 0 saturated carbocycles. The number of hydrogen-bond donors (Lipinski definition) is 0. The first-order valence-corrected chi connectivity index (χ1v) is 8.48. The Kier molecular flexibility index (Phi) is 5.00. The largest absolute Gasteiger partial charge is 0.340 e. The maximum atomic E-state index is 12.6. The summed E-state index contributed by atoms with van der Waals surface area (Å²) in [5.74, 6) is -0.309. The molecule has 3 aromatic rings. The lowest BCUT2D eigenvalue weighted by atomic mass is 10.2. The van der Waals surface area contributed by atoms with Gasteiger partial charge in [-0.25, -0.2) is 4.79 Å². The third kappa shape index (κ3) is 3.56. The zero-order valence-corrected chi connectivity index (χ0v) is 15.5. The summed E-state index contributed by atoms with van der Waals surface area (Å²) in [6.07, 6.45) is 0. The zero-order chi connectivity index (χ0) is 19.7. The van der Waals surface area contributed by atoms with E-state index in [4.69, 9.17) is 11.6 Å². The number of nitro benzene ring substituents is 1. The number of rotatable bonds is 5. The molecule has 1 heterocycles. The number of para-hydroxylation sites is 2. The lowest BCUT2D eigenvalue weighted by Gasteiger charge is -2.18. The van der Waals surface area contributed by atoms with Gasteiger partial charge in [0.2, 0.25) is 5.91 Å². The Labute approximate surface area is 159 Å². The summed E-state index contributed by atoms with van der Waals surface area (Å²) in [5.41, 5.74) is 1.48. The summed E-state index contributed by atoms with van der Waals surface area (Å²) in [6.45, 7) is -0.0396. The first-order chi connectivity index (χ1) is 12.8. The van der Waals surface area contributed by atoms with Crippen molar-refractivity contribution in [2.24, 2.45) is 7.05 Å². The Balaban J connectivity index is 1.84. The zero-order valence-electron chi connectivity index (χ0n) is 14.8. The minimum absolute atomic E-state index is 0.0961. The van der Waals surface area contributed by atoms with Crippen LogP contribution in [-0.4, -0.2) is 31.9 Å². The van der Waals surface area contributed by atoms with Crippen LogP contribution in [0.3, 0.4) is 0 Å². The second-order valence-corrected chi connectivity index (χ2v) is 6.61. The number of aryl methyl sites for hydroxylation is 1. The average molecular weight is 389 g/mol. The van der Waals surface area contributed by atoms with Crippen molar-refractivity contribution in [3.63, 3.8) is 0 Å². The topological polar surface area (TPSA) is 90.4 Å². The van der Waals surface area contributed by atoms with Gasteiger partial charge in [0.25, 0.3) is 5.69 Å². The summed E-state index contributed by atoms with van der Waals surface area (Å²) in [4.78, 5) is 36.9. The number of fused-ring (bicyclic) bond motifs is 1. The lowest BCUT2D eigenvalue weighted by molar-refractivity contribution is -0.384. The van der Waals surface area contributed by atoms with Gasteiger partial charge in [0.1, 0.15) is 6.54 Å². The molecule has 1 aromatic heterocycles. The van der Waals surface area contributed by atoms with Crippen LogP contribution in [-0.2, 0) is 24.9 Å². The van der Waals surface area contributed by atoms with Gasteiger partial charge in [-0.1, -0.05) is 23.7 Å². The first kappa shape index (κ1) is 18.7. The molecule has 27 heavy (non-hydrogen) atoms. The Hall–Kier alpha value is -3.13. The molecule has 0 fully saturated rings. The number of imidazole rings is 1. The molecule has 0 unspecified atom stereocenters. The average Bonchev–Trinajstić information content (AvgIpc) is 2.88. The number of benzene rings is 2. The van der Waals surface area contributed by atoms with Crippen molar-refractivity contribution in [3.05, 3.63) is 73.6 Å². The predicted molar refractivity (Wildman–Crippen MR) is 102 cm³/mol. The van der Waals surface area contributed by atoms with E-state index in [-0.39, 0.29) is 30.4 Å². The van der Waals surface area contributed by atoms with Crippen molar-refractivity contribution in [2.45, 2.75) is 13.1 Å². The fourth-order valence-electron chi connectivity index (χ4n) is 2.91. The van der Waals surface area contributed by atoms with Gasteiger partial charge in [0.15, 0.2) is 0 Å². The van der Waals surface area contributed by atoms with Crippen LogP contribution >= 0.6 is 11.6 Å². The molecule has 0 aliphatic rings. The molecule has 8 nitrogen and oxygen atoms in total. The molecule has 140 valence electrons. The molecule has 3 rings (SSSR count). The molecule has 0 bridgehead atoms. The van der Waals surface area contributed by atoms with Gasteiger partial charge in [-0.2, -0.15) is 0 Å². The summed E-state index contributed by atoms with van der Waals surface area (Å²) in [6, 6.07) is 11.3. The Bertz CT molecular complexity index is 1100. The Morgan fingerprint density at radius 2 is 1.89 bits per heavy atom. The van der Waals surface area contributed by atoms with Crippen molar-refractivity contribution < 1.29 is 9.72 Å². The number of halogens is 1. The van der Waals surface area contributed by atoms with E-state index in [9.17, 15) is 19.7 Å². The van der Waals surface area contributed by atoms with E-state index in [0.29, 0.717) is 16.1 Å². The summed E-state index contributed by atoms with van der Waals surface area (Å²) in [5, 5.41) is 11.3. The Morgan fingerprint density at radius 3 is 2.56 bits per heavy atom. The number of carbonyl (C=O) groups excluding carboxylic acids is 1. The SMILES string of the molecule is CN(Cc1cc([N+](=O)[O-])ccc1Cl)C(=O)Cn1c(=O)n(C)c2ccccc21. The van der Waals surface area contributed by atoms with Gasteiger partial charge in [0.05, 0.1) is 16.0 Å². The fourth-order valence-corrected chi connectivity index (χ4v) is 3.09. The fraction of sp³-hybridized carbons (Fsp3) is 0.222. The van der Waals surface area contributed by atoms with E-state index in [1.165, 1.54) is 32.2 Å². The van der Waals surface area contributed by atoms with Gasteiger partial charge in [-0.05, 0) is 23.8 Å². The van der Waals surface area contributed by atoms with E-state index in [1.54, 1.807) is 26.2 Å². The first-order valence-electron chi connectivity index (χ1n) is 8.10. The highest BCUT2D eigenvalue weighted by atomic mass is 35.5. The molecule has 0 spiro atoms. The van der Waals surface area contributed by atoms with Crippen molar-refractivity contribution in [1.82, 2.24) is 14.0 Å². The van der Waals surface area contributed by atoms with E-state index < -0.39 is 4.92 Å². The number of likely N-dealkylation sites (N-methyl/N-ethyl adjacent to an activating group) is 1. The van der Waals surface area contributed by atoms with Gasteiger partial charge < -0.3 is 4.90 Å². The van der Waals surface area contributed by atoms with Gasteiger partial charge >= 0.3 is 5.69 Å². The number of nitro groups is 1. The molecule has 0 N–H and O–H groups in total. The highest BCUT2D eigenvalue weighted by molar-refractivity contribution is 6.31. The molecular formula is C18H17ClN4O4. The molecule has 0 saturated heterocycles. The summed E-state index contributed by atoms with van der Waals surface area (Å²) < 4.78 is 2.89. The van der Waals surface area contributed by atoms with Crippen LogP contribution in [0.25, 0.3) is 11.0 Å². The highest BCUT2D eigenvalue weighted by Gasteiger charge is 2.18. The van der Waals surface area contributed by atoms with Crippen LogP contribution in [0.4, 0.5) is 5.69 Å². The molecule has 0 atom stereocenters. The van der Waals surface area contributed by atoms with Crippen molar-refractivity contribution >= 4 is 34.2 Å². The van der Waals surface area contributed by atoms with E-state index in [1.807, 2.05) is 12.1 Å². The minimum atomic E-state index is -0.517. The molecule has 0 aliphatic heterocycles. The van der Waals surface area contributed by atoms with Crippen LogP contribution in [0.15, 0.2) is 47.3 Å². The standard InChI is InChI=1S/C18H17ClN4O4/c1-20(10-12-9-13(23(26)27)7-8-14(12)19)17(24)11-22-16-6-4-3-5-15(16)21(2)18(22)25/h3-9H,10-11H2,1-2H3. The van der Waals surface area contributed by atoms with Crippen LogP contribution in [0.2, 0.25) is 5.02 Å². The van der Waals surface area contributed by atoms with Gasteiger partial charge in [-0.15, -0.1) is 0 Å². The van der Waals surface area contributed by atoms with E-state index in [0.717, 1.165) is 5.52 Å². The maximum Gasteiger partial charge on any atom is 0.329 e. The predicted octanol–water partition coefficient (Wildman–Crippen LogP) is 2.56. The highest BCUT2D eigenvalue weighted by Crippen LogP contribution is 2.23. The number of nitrogens with zero attached hydrogens (tertiary/aromatic N) is 4. The number of aromatic nitrogens is 2. The van der Waals surface area contributed by atoms with Crippen molar-refractivity contribution in [2.75, 3.05) is 7.05 Å². The quantitative estimate of drug-likeness (QED) is 0.496. The van der Waals surface area contributed by atoms with E-state index in [2.05, 4.69) is 0 Å². The molecule has 2 aromatic carbocycles. The van der Waals surface area contributed by atoms with Gasteiger partial charge in [0, 0.05) is 37.8 Å². The van der Waals surface area contributed by atoms with Crippen LogP contribution in [0.1, 0.15) is 5.56 Å².